The van der Waals surface area contributed by atoms with Gasteiger partial charge in [0.1, 0.15) is 11.3 Å². The van der Waals surface area contributed by atoms with Crippen LogP contribution >= 0.6 is 0 Å². The quantitative estimate of drug-likeness (QED) is 0.759. The SMILES string of the molecule is O=S(Nc1ccc2oc(-c3ccccc3)cc2c1)C(F)(F)F. The summed E-state index contributed by atoms with van der Waals surface area (Å²) in [6.45, 7) is 0. The molecule has 0 aliphatic rings. The molecule has 2 aromatic carbocycles. The number of benzene rings is 2. The fourth-order valence-corrected chi connectivity index (χ4v) is 2.47. The van der Waals surface area contributed by atoms with Crippen LogP contribution in [0.4, 0.5) is 18.9 Å². The van der Waals surface area contributed by atoms with E-state index in [1.807, 2.05) is 35.1 Å². The standard InChI is InChI=1S/C15H10F3NO2S/c16-15(17,18)22(20)19-12-6-7-13-11(8-12)9-14(21-13)10-4-2-1-3-5-10/h1-9,19H. The molecule has 22 heavy (non-hydrogen) atoms. The van der Waals surface area contributed by atoms with Crippen molar-refractivity contribution in [2.75, 3.05) is 4.72 Å². The van der Waals surface area contributed by atoms with Crippen LogP contribution in [0.3, 0.4) is 0 Å². The van der Waals surface area contributed by atoms with Crippen LogP contribution in [0.15, 0.2) is 59.0 Å². The second-order valence-corrected chi connectivity index (χ2v) is 5.75. The first-order valence-corrected chi connectivity index (χ1v) is 7.43. The maximum absolute atomic E-state index is 12.3. The number of furan rings is 1. The monoisotopic (exact) mass is 325 g/mol. The summed E-state index contributed by atoms with van der Waals surface area (Å²) in [6.07, 6.45) is 0. The Labute approximate surface area is 126 Å². The molecule has 7 heteroatoms. The van der Waals surface area contributed by atoms with E-state index in [1.165, 1.54) is 18.2 Å². The first kappa shape index (κ1) is 14.6. The zero-order valence-electron chi connectivity index (χ0n) is 11.1. The van der Waals surface area contributed by atoms with E-state index in [2.05, 4.69) is 0 Å². The molecule has 0 aliphatic heterocycles. The number of anilines is 1. The molecule has 0 aliphatic carbocycles. The molecule has 3 rings (SSSR count). The summed E-state index contributed by atoms with van der Waals surface area (Å²) in [6, 6.07) is 15.5. The summed E-state index contributed by atoms with van der Waals surface area (Å²) in [5.41, 5.74) is -3.28. The molecule has 1 atom stereocenters. The molecule has 0 fully saturated rings. The summed E-state index contributed by atoms with van der Waals surface area (Å²) in [5.74, 6) is 0.615. The molecule has 0 spiro atoms. The maximum Gasteiger partial charge on any atom is 0.490 e. The number of fused-ring (bicyclic) bond motifs is 1. The third-order valence-electron chi connectivity index (χ3n) is 3.00. The Morgan fingerprint density at radius 2 is 1.73 bits per heavy atom. The number of rotatable bonds is 3. The highest BCUT2D eigenvalue weighted by atomic mass is 32.2. The van der Waals surface area contributed by atoms with Crippen LogP contribution in [0.25, 0.3) is 22.3 Å². The summed E-state index contributed by atoms with van der Waals surface area (Å²) in [5, 5.41) is 0.628. The highest BCUT2D eigenvalue weighted by Crippen LogP contribution is 2.30. The fraction of sp³-hybridized carbons (Fsp3) is 0.0667. The molecule has 1 heterocycles. The van der Waals surface area contributed by atoms with Crippen molar-refractivity contribution in [1.29, 1.82) is 0 Å². The van der Waals surface area contributed by atoms with Gasteiger partial charge in [-0.05, 0) is 24.3 Å². The smallest absolute Gasteiger partial charge is 0.456 e. The van der Waals surface area contributed by atoms with E-state index >= 15 is 0 Å². The Morgan fingerprint density at radius 3 is 2.41 bits per heavy atom. The predicted molar refractivity (Wildman–Crippen MR) is 79.5 cm³/mol. The molecule has 1 N–H and O–H groups in total. The van der Waals surface area contributed by atoms with E-state index in [-0.39, 0.29) is 5.69 Å². The van der Waals surface area contributed by atoms with Crippen molar-refractivity contribution in [3.8, 4) is 11.3 Å². The molecule has 0 bridgehead atoms. The minimum absolute atomic E-state index is 0.114. The lowest BCUT2D eigenvalue weighted by Crippen LogP contribution is -2.22. The molecule has 0 radical (unpaired) electrons. The van der Waals surface area contributed by atoms with Crippen LogP contribution in [-0.2, 0) is 11.0 Å². The van der Waals surface area contributed by atoms with Crippen LogP contribution in [0.1, 0.15) is 0 Å². The van der Waals surface area contributed by atoms with E-state index in [4.69, 9.17) is 4.42 Å². The lowest BCUT2D eigenvalue weighted by molar-refractivity contribution is -0.0379. The molecule has 3 aromatic rings. The average molecular weight is 325 g/mol. The van der Waals surface area contributed by atoms with E-state index in [0.717, 1.165) is 5.56 Å². The Kier molecular flexibility index (Phi) is 3.66. The lowest BCUT2D eigenvalue weighted by Gasteiger charge is -2.08. The van der Waals surface area contributed by atoms with Gasteiger partial charge in [0.25, 0.3) is 0 Å². The maximum atomic E-state index is 12.3. The molecule has 0 saturated heterocycles. The lowest BCUT2D eigenvalue weighted by atomic mass is 10.1. The highest BCUT2D eigenvalue weighted by Gasteiger charge is 2.37. The van der Waals surface area contributed by atoms with Gasteiger partial charge in [-0.1, -0.05) is 30.3 Å². The molecular weight excluding hydrogens is 315 g/mol. The van der Waals surface area contributed by atoms with Gasteiger partial charge in [-0.15, -0.1) is 0 Å². The van der Waals surface area contributed by atoms with Gasteiger partial charge in [0, 0.05) is 16.6 Å². The van der Waals surface area contributed by atoms with Gasteiger partial charge in [-0.25, -0.2) is 4.21 Å². The van der Waals surface area contributed by atoms with Crippen molar-refractivity contribution in [2.45, 2.75) is 5.51 Å². The van der Waals surface area contributed by atoms with Crippen LogP contribution in [-0.4, -0.2) is 9.72 Å². The number of nitrogens with one attached hydrogen (secondary N) is 1. The zero-order chi connectivity index (χ0) is 15.7. The van der Waals surface area contributed by atoms with Gasteiger partial charge in [-0.2, -0.15) is 13.2 Å². The molecule has 0 amide bonds. The Bertz CT molecular complexity index is 828. The van der Waals surface area contributed by atoms with Gasteiger partial charge in [0.15, 0.2) is 0 Å². The molecule has 114 valence electrons. The zero-order valence-corrected chi connectivity index (χ0v) is 11.9. The third kappa shape index (κ3) is 2.99. The number of alkyl halides is 3. The Morgan fingerprint density at radius 1 is 1.00 bits per heavy atom. The Balaban J connectivity index is 1.92. The molecule has 1 aromatic heterocycles. The predicted octanol–water partition coefficient (Wildman–Crippen LogP) is 4.70. The summed E-state index contributed by atoms with van der Waals surface area (Å²) >= 11 is 0. The normalized spacial score (nSPS) is 13.2. The van der Waals surface area contributed by atoms with Gasteiger partial charge in [0.05, 0.1) is 0 Å². The summed E-state index contributed by atoms with van der Waals surface area (Å²) < 4.78 is 55.5. The fourth-order valence-electron chi connectivity index (χ4n) is 2.02. The van der Waals surface area contributed by atoms with Crippen LogP contribution in [0.5, 0.6) is 0 Å². The Hall–Kier alpha value is -2.28. The third-order valence-corrected chi connectivity index (χ3v) is 3.84. The average Bonchev–Trinajstić information content (AvgIpc) is 2.90. The minimum atomic E-state index is -4.81. The van der Waals surface area contributed by atoms with E-state index in [1.54, 1.807) is 6.07 Å². The number of halogens is 3. The molecular formula is C15H10F3NO2S. The van der Waals surface area contributed by atoms with Crippen molar-refractivity contribution in [3.05, 3.63) is 54.6 Å². The van der Waals surface area contributed by atoms with Crippen molar-refractivity contribution < 1.29 is 21.8 Å². The summed E-state index contributed by atoms with van der Waals surface area (Å²) in [7, 11) is -3.14. The van der Waals surface area contributed by atoms with Crippen molar-refractivity contribution in [1.82, 2.24) is 0 Å². The number of hydrogen-bond donors (Lipinski definition) is 1. The van der Waals surface area contributed by atoms with Crippen LogP contribution in [0, 0.1) is 0 Å². The first-order chi connectivity index (χ1) is 10.4. The van der Waals surface area contributed by atoms with Gasteiger partial charge < -0.3 is 4.42 Å². The van der Waals surface area contributed by atoms with Crippen LogP contribution in [0.2, 0.25) is 0 Å². The van der Waals surface area contributed by atoms with Gasteiger partial charge >= 0.3 is 5.51 Å². The molecule has 1 unspecified atom stereocenters. The van der Waals surface area contributed by atoms with E-state index in [9.17, 15) is 17.4 Å². The first-order valence-electron chi connectivity index (χ1n) is 6.28. The van der Waals surface area contributed by atoms with Gasteiger partial charge in [0.2, 0.25) is 11.0 Å². The van der Waals surface area contributed by atoms with Crippen molar-refractivity contribution in [3.63, 3.8) is 0 Å². The van der Waals surface area contributed by atoms with Crippen molar-refractivity contribution in [2.24, 2.45) is 0 Å². The largest absolute Gasteiger partial charge is 0.490 e. The highest BCUT2D eigenvalue weighted by molar-refractivity contribution is 7.87. The molecule has 0 saturated carbocycles. The second kappa shape index (κ2) is 5.49. The topological polar surface area (TPSA) is 42.2 Å². The minimum Gasteiger partial charge on any atom is -0.456 e. The number of hydrogen-bond acceptors (Lipinski definition) is 2. The van der Waals surface area contributed by atoms with E-state index in [0.29, 0.717) is 16.7 Å². The van der Waals surface area contributed by atoms with Crippen molar-refractivity contribution >= 4 is 27.6 Å². The summed E-state index contributed by atoms with van der Waals surface area (Å²) in [4.78, 5) is 0. The molecule has 3 nitrogen and oxygen atoms in total. The van der Waals surface area contributed by atoms with E-state index < -0.39 is 16.5 Å². The second-order valence-electron chi connectivity index (χ2n) is 4.55. The van der Waals surface area contributed by atoms with Crippen LogP contribution < -0.4 is 4.72 Å². The van der Waals surface area contributed by atoms with Gasteiger partial charge in [-0.3, -0.25) is 4.72 Å².